The molecule has 6 heteroatoms. The molecule has 0 saturated carbocycles. The van der Waals surface area contributed by atoms with Crippen molar-refractivity contribution >= 4 is 11.9 Å². The molecule has 2 aromatic carbocycles. The van der Waals surface area contributed by atoms with Gasteiger partial charge in [-0.15, -0.1) is 0 Å². The fraction of sp³-hybridized carbons (Fsp3) is 0.238. The summed E-state index contributed by atoms with van der Waals surface area (Å²) in [4.78, 5) is 25.6. The van der Waals surface area contributed by atoms with Crippen LogP contribution in [0.3, 0.4) is 0 Å². The lowest BCUT2D eigenvalue weighted by atomic mass is 10.0. The van der Waals surface area contributed by atoms with Gasteiger partial charge in [0.2, 0.25) is 11.5 Å². The van der Waals surface area contributed by atoms with Crippen molar-refractivity contribution in [3.05, 3.63) is 71.7 Å². The van der Waals surface area contributed by atoms with E-state index >= 15 is 0 Å². The number of carbonyl (C=O) groups is 2. The summed E-state index contributed by atoms with van der Waals surface area (Å²) in [6.07, 6.45) is 1.14. The summed E-state index contributed by atoms with van der Waals surface area (Å²) < 4.78 is 23.4. The number of cyclic esters (lactones) is 1. The Hall–Kier alpha value is -3.15. The van der Waals surface area contributed by atoms with E-state index in [-0.39, 0.29) is 17.5 Å². The first-order valence-corrected chi connectivity index (χ1v) is 8.47. The first kappa shape index (κ1) is 18.6. The predicted molar refractivity (Wildman–Crippen MR) is 97.6 cm³/mol. The zero-order valence-corrected chi connectivity index (χ0v) is 15.4. The third-order valence-corrected chi connectivity index (χ3v) is 4.05. The number of hydrogen-bond donors (Lipinski definition) is 0. The standard InChI is InChI=1S/C21H20FNO4/c1-21(2)26-18(20(25)27-21)12-19(24)23(3)13-14-5-4-6-16(11-14)15-7-9-17(22)10-8-15/h4-12H,13H2,1-3H3. The quantitative estimate of drug-likeness (QED) is 0.610. The molecule has 1 saturated heterocycles. The van der Waals surface area contributed by atoms with Gasteiger partial charge in [0, 0.05) is 27.4 Å². The van der Waals surface area contributed by atoms with Gasteiger partial charge in [-0.3, -0.25) is 4.79 Å². The lowest BCUT2D eigenvalue weighted by Gasteiger charge is -2.16. The number of nitrogens with zero attached hydrogens (tertiary/aromatic N) is 1. The monoisotopic (exact) mass is 369 g/mol. The van der Waals surface area contributed by atoms with Gasteiger partial charge in [0.05, 0.1) is 6.08 Å². The molecule has 1 aliphatic rings. The Morgan fingerprint density at radius 3 is 2.44 bits per heavy atom. The van der Waals surface area contributed by atoms with E-state index in [4.69, 9.17) is 9.47 Å². The summed E-state index contributed by atoms with van der Waals surface area (Å²) in [6, 6.07) is 13.9. The van der Waals surface area contributed by atoms with Crippen LogP contribution in [0.15, 0.2) is 60.4 Å². The molecule has 0 aliphatic carbocycles. The second-order valence-corrected chi connectivity index (χ2v) is 6.80. The van der Waals surface area contributed by atoms with Gasteiger partial charge >= 0.3 is 5.97 Å². The van der Waals surface area contributed by atoms with Gasteiger partial charge in [-0.25, -0.2) is 9.18 Å². The lowest BCUT2D eigenvalue weighted by molar-refractivity contribution is -0.159. The third-order valence-electron chi connectivity index (χ3n) is 4.05. The van der Waals surface area contributed by atoms with Crippen LogP contribution in [0.4, 0.5) is 4.39 Å². The first-order valence-electron chi connectivity index (χ1n) is 8.47. The number of ether oxygens (including phenoxy) is 2. The molecular weight excluding hydrogens is 349 g/mol. The number of benzene rings is 2. The van der Waals surface area contributed by atoms with Gasteiger partial charge in [-0.2, -0.15) is 0 Å². The summed E-state index contributed by atoms with van der Waals surface area (Å²) in [5, 5.41) is 0. The van der Waals surface area contributed by atoms with Gasteiger partial charge in [0.15, 0.2) is 0 Å². The number of halogens is 1. The zero-order chi connectivity index (χ0) is 19.6. The number of hydrogen-bond acceptors (Lipinski definition) is 4. The molecule has 3 rings (SSSR count). The van der Waals surface area contributed by atoms with E-state index in [9.17, 15) is 14.0 Å². The molecule has 27 heavy (non-hydrogen) atoms. The molecule has 1 aliphatic heterocycles. The summed E-state index contributed by atoms with van der Waals surface area (Å²) >= 11 is 0. The highest BCUT2D eigenvalue weighted by Gasteiger charge is 2.37. The van der Waals surface area contributed by atoms with Crippen molar-refractivity contribution in [3.63, 3.8) is 0 Å². The van der Waals surface area contributed by atoms with Crippen LogP contribution < -0.4 is 0 Å². The SMILES string of the molecule is CN(Cc1cccc(-c2ccc(F)cc2)c1)C(=O)C=C1OC(C)(C)OC1=O. The van der Waals surface area contributed by atoms with Crippen molar-refractivity contribution < 1.29 is 23.5 Å². The summed E-state index contributed by atoms with van der Waals surface area (Å²) in [6.45, 7) is 3.54. The minimum absolute atomic E-state index is 0.100. The maximum atomic E-state index is 13.1. The number of likely N-dealkylation sites (N-methyl/N-ethyl adjacent to an activating group) is 1. The van der Waals surface area contributed by atoms with Crippen molar-refractivity contribution in [1.82, 2.24) is 4.90 Å². The molecule has 0 N–H and O–H groups in total. The topological polar surface area (TPSA) is 55.8 Å². The number of amides is 1. The second kappa shape index (κ2) is 7.23. The summed E-state index contributed by atoms with van der Waals surface area (Å²) in [5.41, 5.74) is 2.72. The average Bonchev–Trinajstić information content (AvgIpc) is 2.87. The fourth-order valence-corrected chi connectivity index (χ4v) is 2.75. The number of rotatable bonds is 4. The van der Waals surface area contributed by atoms with Gasteiger partial charge in [0.25, 0.3) is 5.91 Å². The normalized spacial score (nSPS) is 16.7. The van der Waals surface area contributed by atoms with Crippen LogP contribution in [0.1, 0.15) is 19.4 Å². The van der Waals surface area contributed by atoms with E-state index in [1.54, 1.807) is 33.0 Å². The maximum absolute atomic E-state index is 13.1. The second-order valence-electron chi connectivity index (χ2n) is 6.80. The van der Waals surface area contributed by atoms with Crippen LogP contribution in [0.2, 0.25) is 0 Å². The van der Waals surface area contributed by atoms with Crippen LogP contribution in [-0.4, -0.2) is 29.6 Å². The van der Waals surface area contributed by atoms with E-state index in [1.807, 2.05) is 24.3 Å². The van der Waals surface area contributed by atoms with Crippen molar-refractivity contribution in [2.45, 2.75) is 26.2 Å². The largest absolute Gasteiger partial charge is 0.445 e. The Morgan fingerprint density at radius 1 is 1.11 bits per heavy atom. The molecule has 140 valence electrons. The smallest absolute Gasteiger partial charge is 0.377 e. The molecule has 5 nitrogen and oxygen atoms in total. The molecule has 0 bridgehead atoms. The molecule has 2 aromatic rings. The Balaban J connectivity index is 1.72. The highest BCUT2D eigenvalue weighted by molar-refractivity contribution is 5.97. The predicted octanol–water partition coefficient (Wildman–Crippen LogP) is 3.64. The molecule has 0 aromatic heterocycles. The average molecular weight is 369 g/mol. The molecule has 1 fully saturated rings. The van der Waals surface area contributed by atoms with Crippen LogP contribution in [0, 0.1) is 5.82 Å². The van der Waals surface area contributed by atoms with E-state index in [2.05, 4.69) is 0 Å². The van der Waals surface area contributed by atoms with Crippen molar-refractivity contribution in [2.75, 3.05) is 7.05 Å². The van der Waals surface area contributed by atoms with Crippen LogP contribution >= 0.6 is 0 Å². The lowest BCUT2D eigenvalue weighted by Crippen LogP contribution is -2.25. The van der Waals surface area contributed by atoms with Crippen LogP contribution in [0.5, 0.6) is 0 Å². The van der Waals surface area contributed by atoms with Crippen molar-refractivity contribution in [1.29, 1.82) is 0 Å². The minimum atomic E-state index is -1.06. The van der Waals surface area contributed by atoms with Crippen LogP contribution in [-0.2, 0) is 25.6 Å². The highest BCUT2D eigenvalue weighted by Crippen LogP contribution is 2.26. The third kappa shape index (κ3) is 4.53. The molecule has 0 radical (unpaired) electrons. The Morgan fingerprint density at radius 2 is 1.81 bits per heavy atom. The highest BCUT2D eigenvalue weighted by atomic mass is 19.1. The van der Waals surface area contributed by atoms with Gasteiger partial charge in [0.1, 0.15) is 5.82 Å². The van der Waals surface area contributed by atoms with Gasteiger partial charge in [-0.1, -0.05) is 30.3 Å². The summed E-state index contributed by atoms with van der Waals surface area (Å²) in [5.74, 6) is -2.47. The fourth-order valence-electron chi connectivity index (χ4n) is 2.75. The number of carbonyl (C=O) groups excluding carboxylic acids is 2. The molecule has 0 atom stereocenters. The Bertz CT molecular complexity index is 903. The zero-order valence-electron chi connectivity index (χ0n) is 15.4. The molecular formula is C21H20FNO4. The molecule has 1 heterocycles. The van der Waals surface area contributed by atoms with Crippen molar-refractivity contribution in [2.24, 2.45) is 0 Å². The maximum Gasteiger partial charge on any atom is 0.377 e. The minimum Gasteiger partial charge on any atom is -0.445 e. The first-order chi connectivity index (χ1) is 12.7. The van der Waals surface area contributed by atoms with Gasteiger partial charge in [-0.05, 0) is 34.9 Å². The van der Waals surface area contributed by atoms with Crippen LogP contribution in [0.25, 0.3) is 11.1 Å². The van der Waals surface area contributed by atoms with E-state index < -0.39 is 11.8 Å². The van der Waals surface area contributed by atoms with Gasteiger partial charge < -0.3 is 14.4 Å². The Labute approximate surface area is 157 Å². The number of esters is 1. The van der Waals surface area contributed by atoms with E-state index in [1.165, 1.54) is 17.0 Å². The summed E-state index contributed by atoms with van der Waals surface area (Å²) in [7, 11) is 1.63. The molecule has 0 unspecified atom stereocenters. The molecule has 1 amide bonds. The van der Waals surface area contributed by atoms with Crippen molar-refractivity contribution in [3.8, 4) is 11.1 Å². The Kier molecular flexibility index (Phi) is 4.99. The van der Waals surface area contributed by atoms with E-state index in [0.29, 0.717) is 6.54 Å². The molecule has 0 spiro atoms. The van der Waals surface area contributed by atoms with E-state index in [0.717, 1.165) is 22.8 Å².